The fourth-order valence-corrected chi connectivity index (χ4v) is 2.85. The number of amides is 1. The first-order valence-corrected chi connectivity index (χ1v) is 8.27. The maximum absolute atomic E-state index is 12.5. The summed E-state index contributed by atoms with van der Waals surface area (Å²) in [6.45, 7) is 0.350. The highest BCUT2D eigenvalue weighted by atomic mass is 32.2. The van der Waals surface area contributed by atoms with Crippen molar-refractivity contribution in [3.8, 4) is 5.75 Å². The van der Waals surface area contributed by atoms with Crippen LogP contribution in [0.2, 0.25) is 0 Å². The molecular formula is C13H15F3N2O4S. The molecule has 1 aromatic carbocycles. The average Bonchev–Trinajstić information content (AvgIpc) is 2.43. The fraction of sp³-hybridized carbons (Fsp3) is 0.462. The molecule has 0 atom stereocenters. The Hall–Kier alpha value is -1.97. The number of hydrogen-bond acceptors (Lipinski definition) is 4. The van der Waals surface area contributed by atoms with E-state index in [4.69, 9.17) is 0 Å². The number of nitrogens with one attached hydrogen (secondary N) is 1. The van der Waals surface area contributed by atoms with E-state index in [0.29, 0.717) is 13.0 Å². The summed E-state index contributed by atoms with van der Waals surface area (Å²) in [5.41, 5.74) is -5.69. The number of halogens is 3. The molecule has 0 spiro atoms. The molecular weight excluding hydrogens is 337 g/mol. The number of carbonyl (C=O) groups is 1. The van der Waals surface area contributed by atoms with Crippen molar-refractivity contribution in [3.05, 3.63) is 23.8 Å². The van der Waals surface area contributed by atoms with Crippen LogP contribution in [0.5, 0.6) is 5.75 Å². The van der Waals surface area contributed by atoms with Gasteiger partial charge in [0.2, 0.25) is 5.91 Å². The van der Waals surface area contributed by atoms with Gasteiger partial charge in [0.1, 0.15) is 5.75 Å². The van der Waals surface area contributed by atoms with Gasteiger partial charge >= 0.3 is 15.5 Å². The summed E-state index contributed by atoms with van der Waals surface area (Å²) in [5, 5.41) is 9.49. The van der Waals surface area contributed by atoms with E-state index >= 15 is 0 Å². The largest absolute Gasteiger partial charge is 0.516 e. The van der Waals surface area contributed by atoms with Gasteiger partial charge in [-0.1, -0.05) is 0 Å². The molecule has 1 saturated heterocycles. The zero-order valence-corrected chi connectivity index (χ0v) is 12.7. The summed E-state index contributed by atoms with van der Waals surface area (Å²) in [6, 6.07) is 3.23. The number of benzene rings is 1. The second-order valence-electron chi connectivity index (χ2n) is 5.17. The van der Waals surface area contributed by atoms with E-state index in [2.05, 4.69) is 0 Å². The van der Waals surface area contributed by atoms with Crippen molar-refractivity contribution in [2.75, 3.05) is 11.3 Å². The Kier molecular flexibility index (Phi) is 4.73. The Morgan fingerprint density at radius 1 is 1.26 bits per heavy atom. The number of likely N-dealkylation sites (tertiary alicyclic amines) is 1. The molecule has 2 N–H and O–H groups in total. The minimum absolute atomic E-state index is 0.0804. The zero-order chi connectivity index (χ0) is 17.3. The van der Waals surface area contributed by atoms with Gasteiger partial charge < -0.3 is 10.0 Å². The predicted octanol–water partition coefficient (Wildman–Crippen LogP) is 2.17. The molecule has 1 heterocycles. The highest BCUT2D eigenvalue weighted by Gasteiger charge is 2.46. The van der Waals surface area contributed by atoms with E-state index in [1.54, 1.807) is 0 Å². The summed E-state index contributed by atoms with van der Waals surface area (Å²) in [5.74, 6) is -0.399. The number of hydrogen-bond donors (Lipinski definition) is 2. The molecule has 0 unspecified atom stereocenters. The molecule has 1 aliphatic rings. The van der Waals surface area contributed by atoms with E-state index in [1.807, 2.05) is 0 Å². The van der Waals surface area contributed by atoms with Gasteiger partial charge in [-0.2, -0.15) is 21.6 Å². The third kappa shape index (κ3) is 4.06. The Balaban J connectivity index is 2.29. The van der Waals surface area contributed by atoms with Crippen LogP contribution >= 0.6 is 0 Å². The summed E-state index contributed by atoms with van der Waals surface area (Å²) in [7, 11) is -5.58. The molecule has 23 heavy (non-hydrogen) atoms. The lowest BCUT2D eigenvalue weighted by molar-refractivity contribution is -0.133. The minimum atomic E-state index is -5.58. The molecule has 128 valence electrons. The summed E-state index contributed by atoms with van der Waals surface area (Å²) >= 11 is 0. The van der Waals surface area contributed by atoms with Crippen molar-refractivity contribution in [3.63, 3.8) is 0 Å². The smallest absolute Gasteiger partial charge is 0.508 e. The standard InChI is InChI=1S/C13H15F3N2O4S/c14-13(15,16)23(21,22)17-11-5-4-10(19)7-9(11)8-18-6-2-1-3-12(18)20/h4-5,7,17,19H,1-3,6,8H2. The number of nitrogens with zero attached hydrogens (tertiary/aromatic N) is 1. The molecule has 2 rings (SSSR count). The monoisotopic (exact) mass is 352 g/mol. The van der Waals surface area contributed by atoms with Gasteiger partial charge in [-0.25, -0.2) is 0 Å². The molecule has 1 aliphatic heterocycles. The molecule has 6 nitrogen and oxygen atoms in total. The van der Waals surface area contributed by atoms with Gasteiger partial charge in [0.05, 0.1) is 5.69 Å². The lowest BCUT2D eigenvalue weighted by Crippen LogP contribution is -2.35. The van der Waals surface area contributed by atoms with Crippen LogP contribution in [0.25, 0.3) is 0 Å². The van der Waals surface area contributed by atoms with Crippen LogP contribution in [0.4, 0.5) is 18.9 Å². The maximum Gasteiger partial charge on any atom is 0.516 e. The molecule has 0 aliphatic carbocycles. The van der Waals surface area contributed by atoms with Crippen molar-refractivity contribution >= 4 is 21.6 Å². The Morgan fingerprint density at radius 2 is 1.96 bits per heavy atom. The van der Waals surface area contributed by atoms with Gasteiger partial charge in [-0.05, 0) is 36.6 Å². The first kappa shape index (κ1) is 17.4. The van der Waals surface area contributed by atoms with Gasteiger partial charge in [0, 0.05) is 19.5 Å². The van der Waals surface area contributed by atoms with Gasteiger partial charge in [-0.15, -0.1) is 0 Å². The quantitative estimate of drug-likeness (QED) is 0.813. The van der Waals surface area contributed by atoms with Gasteiger partial charge in [0.25, 0.3) is 0 Å². The van der Waals surface area contributed by atoms with Crippen molar-refractivity contribution in [1.29, 1.82) is 0 Å². The number of carbonyl (C=O) groups excluding carboxylic acids is 1. The number of phenols is 1. The average molecular weight is 352 g/mol. The van der Waals surface area contributed by atoms with Crippen LogP contribution in [0.1, 0.15) is 24.8 Å². The topological polar surface area (TPSA) is 86.7 Å². The highest BCUT2D eigenvalue weighted by molar-refractivity contribution is 7.93. The maximum atomic E-state index is 12.5. The number of aromatic hydroxyl groups is 1. The highest BCUT2D eigenvalue weighted by Crippen LogP contribution is 2.30. The third-order valence-electron chi connectivity index (χ3n) is 3.42. The summed E-state index contributed by atoms with van der Waals surface area (Å²) in [4.78, 5) is 13.2. The van der Waals surface area contributed by atoms with Crippen LogP contribution in [0.3, 0.4) is 0 Å². The van der Waals surface area contributed by atoms with Crippen LogP contribution in [-0.4, -0.2) is 36.4 Å². The third-order valence-corrected chi connectivity index (χ3v) is 4.52. The number of phenolic OH excluding ortho intramolecular Hbond substituents is 1. The molecule has 1 fully saturated rings. The molecule has 1 aromatic rings. The van der Waals surface area contributed by atoms with Crippen LogP contribution in [0.15, 0.2) is 18.2 Å². The lowest BCUT2D eigenvalue weighted by atomic mass is 10.1. The van der Waals surface area contributed by atoms with E-state index in [1.165, 1.54) is 9.62 Å². The van der Waals surface area contributed by atoms with Crippen LogP contribution in [0, 0.1) is 0 Å². The molecule has 0 radical (unpaired) electrons. The predicted molar refractivity (Wildman–Crippen MR) is 76.0 cm³/mol. The Labute approximate surface area is 131 Å². The van der Waals surface area contributed by atoms with Crippen molar-refractivity contribution in [2.24, 2.45) is 0 Å². The van der Waals surface area contributed by atoms with E-state index in [-0.39, 0.29) is 29.5 Å². The second-order valence-corrected chi connectivity index (χ2v) is 6.84. The van der Waals surface area contributed by atoms with Gasteiger partial charge in [0.15, 0.2) is 0 Å². The number of piperidine rings is 1. The Bertz CT molecular complexity index is 704. The summed E-state index contributed by atoms with van der Waals surface area (Å²) in [6.07, 6.45) is 1.83. The Morgan fingerprint density at radius 3 is 2.57 bits per heavy atom. The summed E-state index contributed by atoms with van der Waals surface area (Å²) < 4.78 is 61.4. The number of anilines is 1. The first-order chi connectivity index (χ1) is 10.6. The molecule has 0 aromatic heterocycles. The van der Waals surface area contributed by atoms with E-state index < -0.39 is 15.5 Å². The molecule has 10 heteroatoms. The van der Waals surface area contributed by atoms with Crippen LogP contribution < -0.4 is 4.72 Å². The van der Waals surface area contributed by atoms with Crippen molar-refractivity contribution < 1.29 is 31.5 Å². The molecule has 1 amide bonds. The van der Waals surface area contributed by atoms with Gasteiger partial charge in [-0.3, -0.25) is 9.52 Å². The first-order valence-electron chi connectivity index (χ1n) is 6.79. The molecule has 0 bridgehead atoms. The number of sulfonamides is 1. The fourth-order valence-electron chi connectivity index (χ4n) is 2.25. The second kappa shape index (κ2) is 6.26. The van der Waals surface area contributed by atoms with Crippen molar-refractivity contribution in [1.82, 2.24) is 4.90 Å². The number of alkyl halides is 3. The SMILES string of the molecule is O=C1CCCCN1Cc1cc(O)ccc1NS(=O)(=O)C(F)(F)F. The normalized spacial score (nSPS) is 16.5. The van der Waals surface area contributed by atoms with E-state index in [0.717, 1.165) is 31.0 Å². The minimum Gasteiger partial charge on any atom is -0.508 e. The zero-order valence-electron chi connectivity index (χ0n) is 11.9. The molecule has 0 saturated carbocycles. The van der Waals surface area contributed by atoms with Crippen LogP contribution in [-0.2, 0) is 21.4 Å². The lowest BCUT2D eigenvalue weighted by Gasteiger charge is -2.27. The van der Waals surface area contributed by atoms with E-state index in [9.17, 15) is 31.5 Å². The van der Waals surface area contributed by atoms with Crippen molar-refractivity contribution in [2.45, 2.75) is 31.3 Å². The number of rotatable bonds is 4.